The van der Waals surface area contributed by atoms with Gasteiger partial charge in [-0.15, -0.1) is 0 Å². The normalized spacial score (nSPS) is 10.4. The van der Waals surface area contributed by atoms with Crippen molar-refractivity contribution in [2.45, 2.75) is 19.4 Å². The second-order valence-corrected chi connectivity index (χ2v) is 3.89. The Balaban J connectivity index is 2.90. The molecule has 5 heteroatoms. The first-order chi connectivity index (χ1) is 6.66. The molecule has 0 atom stereocenters. The van der Waals surface area contributed by atoms with Gasteiger partial charge in [0, 0.05) is 31.2 Å². The first kappa shape index (κ1) is 11.2. The molecule has 1 heterocycles. The molecule has 78 valence electrons. The zero-order chi connectivity index (χ0) is 10.6. The first-order valence-corrected chi connectivity index (χ1v) is 5.61. The quantitative estimate of drug-likeness (QED) is 0.592. The van der Waals surface area contributed by atoms with E-state index in [-0.39, 0.29) is 11.2 Å². The van der Waals surface area contributed by atoms with Crippen LogP contribution in [0.25, 0.3) is 0 Å². The second kappa shape index (κ2) is 5.14. The predicted molar refractivity (Wildman–Crippen MR) is 59.0 cm³/mol. The summed E-state index contributed by atoms with van der Waals surface area (Å²) in [6, 6.07) is 1.41. The number of rotatable bonds is 4. The van der Waals surface area contributed by atoms with Gasteiger partial charge in [-0.1, -0.05) is 15.9 Å². The number of nitrogens with zero attached hydrogens (tertiary/aromatic N) is 2. The highest BCUT2D eigenvalue weighted by atomic mass is 79.9. The summed E-state index contributed by atoms with van der Waals surface area (Å²) in [6.45, 7) is 0.498. The van der Waals surface area contributed by atoms with Gasteiger partial charge in [-0.2, -0.15) is 0 Å². The monoisotopic (exact) mass is 260 g/mol. The average Bonchev–Trinajstić information content (AvgIpc) is 2.18. The minimum atomic E-state index is -0.243. The van der Waals surface area contributed by atoms with E-state index in [0.29, 0.717) is 6.54 Å². The Morgan fingerprint density at radius 1 is 1.36 bits per heavy atom. The van der Waals surface area contributed by atoms with Crippen LogP contribution in [-0.2, 0) is 13.6 Å². The lowest BCUT2D eigenvalue weighted by Crippen LogP contribution is -2.37. The van der Waals surface area contributed by atoms with E-state index in [2.05, 4.69) is 15.9 Å². The summed E-state index contributed by atoms with van der Waals surface area (Å²) in [4.78, 5) is 22.8. The predicted octanol–water partition coefficient (Wildman–Crippen LogP) is 0.722. The Labute approximate surface area is 90.3 Å². The molecule has 1 aromatic heterocycles. The summed E-state index contributed by atoms with van der Waals surface area (Å²) in [5.41, 5.74) is -0.463. The van der Waals surface area contributed by atoms with Crippen molar-refractivity contribution in [1.29, 1.82) is 0 Å². The summed E-state index contributed by atoms with van der Waals surface area (Å²) >= 11 is 3.30. The molecule has 0 aliphatic rings. The number of halogens is 1. The van der Waals surface area contributed by atoms with Crippen molar-refractivity contribution in [3.63, 3.8) is 0 Å². The molecule has 0 spiro atoms. The SMILES string of the molecule is Cn1ccc(=O)n(CCCCBr)c1=O. The van der Waals surface area contributed by atoms with Gasteiger partial charge < -0.3 is 4.57 Å². The van der Waals surface area contributed by atoms with E-state index in [1.54, 1.807) is 7.05 Å². The highest BCUT2D eigenvalue weighted by Gasteiger charge is 2.01. The summed E-state index contributed by atoms with van der Waals surface area (Å²) in [6.07, 6.45) is 3.29. The van der Waals surface area contributed by atoms with Crippen LogP contribution in [-0.4, -0.2) is 14.5 Å². The highest BCUT2D eigenvalue weighted by Crippen LogP contribution is 1.94. The van der Waals surface area contributed by atoms with Crippen LogP contribution in [0.3, 0.4) is 0 Å². The van der Waals surface area contributed by atoms with Crippen LogP contribution in [0, 0.1) is 0 Å². The van der Waals surface area contributed by atoms with Crippen molar-refractivity contribution >= 4 is 15.9 Å². The molecule has 0 aliphatic heterocycles. The Morgan fingerprint density at radius 3 is 2.71 bits per heavy atom. The van der Waals surface area contributed by atoms with Crippen LogP contribution in [0.2, 0.25) is 0 Å². The molecular formula is C9H13BrN2O2. The van der Waals surface area contributed by atoms with E-state index < -0.39 is 0 Å². The highest BCUT2D eigenvalue weighted by molar-refractivity contribution is 9.09. The smallest absolute Gasteiger partial charge is 0.303 e. The summed E-state index contributed by atoms with van der Waals surface area (Å²) in [7, 11) is 1.64. The van der Waals surface area contributed by atoms with Crippen LogP contribution < -0.4 is 11.2 Å². The van der Waals surface area contributed by atoms with Gasteiger partial charge in [0.15, 0.2) is 0 Å². The Bertz CT molecular complexity index is 408. The zero-order valence-corrected chi connectivity index (χ0v) is 9.66. The maximum absolute atomic E-state index is 11.5. The van der Waals surface area contributed by atoms with Gasteiger partial charge in [0.2, 0.25) is 0 Å². The molecule has 4 nitrogen and oxygen atoms in total. The fourth-order valence-corrected chi connectivity index (χ4v) is 1.58. The standard InChI is InChI=1S/C9H13BrN2O2/c1-11-7-4-8(13)12(9(11)14)6-3-2-5-10/h4,7H,2-3,5-6H2,1H3. The third-order valence-corrected chi connectivity index (χ3v) is 2.57. The summed E-state index contributed by atoms with van der Waals surface area (Å²) < 4.78 is 2.68. The van der Waals surface area contributed by atoms with Gasteiger partial charge in [0.05, 0.1) is 0 Å². The van der Waals surface area contributed by atoms with Crippen molar-refractivity contribution in [2.75, 3.05) is 5.33 Å². The van der Waals surface area contributed by atoms with Crippen molar-refractivity contribution in [2.24, 2.45) is 7.05 Å². The van der Waals surface area contributed by atoms with Gasteiger partial charge >= 0.3 is 5.69 Å². The van der Waals surface area contributed by atoms with E-state index in [1.165, 1.54) is 21.4 Å². The number of unbranched alkanes of at least 4 members (excludes halogenated alkanes) is 1. The fraction of sp³-hybridized carbons (Fsp3) is 0.556. The van der Waals surface area contributed by atoms with E-state index in [4.69, 9.17) is 0 Å². The number of alkyl halides is 1. The fourth-order valence-electron chi connectivity index (χ4n) is 1.18. The molecule has 0 N–H and O–H groups in total. The van der Waals surface area contributed by atoms with Gasteiger partial charge in [-0.25, -0.2) is 4.79 Å². The zero-order valence-electron chi connectivity index (χ0n) is 8.07. The van der Waals surface area contributed by atoms with Crippen LogP contribution in [0.15, 0.2) is 21.9 Å². The third-order valence-electron chi connectivity index (χ3n) is 2.00. The molecule has 0 amide bonds. The molecule has 0 unspecified atom stereocenters. The second-order valence-electron chi connectivity index (χ2n) is 3.10. The van der Waals surface area contributed by atoms with E-state index in [0.717, 1.165) is 18.2 Å². The minimum absolute atomic E-state index is 0.220. The first-order valence-electron chi connectivity index (χ1n) is 4.49. The molecule has 0 radical (unpaired) electrons. The lowest BCUT2D eigenvalue weighted by atomic mass is 10.3. The van der Waals surface area contributed by atoms with Crippen LogP contribution in [0.1, 0.15) is 12.8 Å². The van der Waals surface area contributed by atoms with Gasteiger partial charge in [-0.3, -0.25) is 9.36 Å². The van der Waals surface area contributed by atoms with Crippen molar-refractivity contribution in [1.82, 2.24) is 9.13 Å². The molecule has 1 aromatic rings. The molecule has 0 aromatic carbocycles. The number of aryl methyl sites for hydroxylation is 1. The number of hydrogen-bond acceptors (Lipinski definition) is 2. The topological polar surface area (TPSA) is 44.0 Å². The maximum atomic E-state index is 11.5. The van der Waals surface area contributed by atoms with E-state index in [1.807, 2.05) is 0 Å². The molecular weight excluding hydrogens is 248 g/mol. The molecule has 0 fully saturated rings. The van der Waals surface area contributed by atoms with Crippen LogP contribution in [0.5, 0.6) is 0 Å². The van der Waals surface area contributed by atoms with Gasteiger partial charge in [-0.05, 0) is 12.8 Å². The molecule has 1 rings (SSSR count). The molecule has 0 saturated heterocycles. The maximum Gasteiger partial charge on any atom is 0.330 e. The molecule has 0 aliphatic carbocycles. The lowest BCUT2D eigenvalue weighted by molar-refractivity contribution is 0.559. The van der Waals surface area contributed by atoms with Crippen molar-refractivity contribution in [3.05, 3.63) is 33.1 Å². The lowest BCUT2D eigenvalue weighted by Gasteiger charge is -2.04. The number of aromatic nitrogens is 2. The summed E-state index contributed by atoms with van der Waals surface area (Å²) in [5, 5.41) is 0.898. The van der Waals surface area contributed by atoms with Crippen molar-refractivity contribution in [3.8, 4) is 0 Å². The Hall–Kier alpha value is -0.840. The Morgan fingerprint density at radius 2 is 2.07 bits per heavy atom. The average molecular weight is 261 g/mol. The largest absolute Gasteiger partial charge is 0.330 e. The van der Waals surface area contributed by atoms with Crippen LogP contribution >= 0.6 is 15.9 Å². The van der Waals surface area contributed by atoms with Crippen LogP contribution in [0.4, 0.5) is 0 Å². The molecule has 14 heavy (non-hydrogen) atoms. The van der Waals surface area contributed by atoms with E-state index in [9.17, 15) is 9.59 Å². The van der Waals surface area contributed by atoms with Gasteiger partial charge in [0.25, 0.3) is 5.56 Å². The Kier molecular flexibility index (Phi) is 4.13. The van der Waals surface area contributed by atoms with Crippen molar-refractivity contribution < 1.29 is 0 Å². The summed E-state index contributed by atoms with van der Waals surface area (Å²) in [5.74, 6) is 0. The van der Waals surface area contributed by atoms with Gasteiger partial charge in [0.1, 0.15) is 0 Å². The van der Waals surface area contributed by atoms with E-state index >= 15 is 0 Å². The minimum Gasteiger partial charge on any atom is -0.303 e. The number of hydrogen-bond donors (Lipinski definition) is 0. The molecule has 0 saturated carbocycles. The third kappa shape index (κ3) is 2.57. The molecule has 0 bridgehead atoms.